The number of hydrogen-bond acceptors (Lipinski definition) is 7. The summed E-state index contributed by atoms with van der Waals surface area (Å²) in [6.07, 6.45) is 0.897. The molecule has 22 heavy (non-hydrogen) atoms. The molecule has 2 heterocycles. The third-order valence-electron chi connectivity index (χ3n) is 3.06. The van der Waals surface area contributed by atoms with Crippen LogP contribution in [0.3, 0.4) is 0 Å². The molecule has 13 heteroatoms. The number of nitrogens with zero attached hydrogens (tertiary/aromatic N) is 2. The van der Waals surface area contributed by atoms with Crippen LogP contribution in [0.2, 0.25) is 0 Å². The van der Waals surface area contributed by atoms with E-state index in [1.807, 2.05) is 0 Å². The Kier molecular flexibility index (Phi) is 5.59. The van der Waals surface area contributed by atoms with E-state index in [2.05, 4.69) is 4.28 Å². The molecule has 0 aromatic rings. The molecule has 0 aromatic heterocycles. The number of fused-ring (bicyclic) bond motifs is 2. The van der Waals surface area contributed by atoms with Crippen molar-refractivity contribution in [1.29, 1.82) is 0 Å². The summed E-state index contributed by atoms with van der Waals surface area (Å²) in [4.78, 5) is 35.3. The first-order chi connectivity index (χ1) is 9.60. The van der Waals surface area contributed by atoms with Crippen molar-refractivity contribution in [2.75, 3.05) is 6.54 Å². The zero-order valence-electron chi connectivity index (χ0n) is 11.5. The molecular weight excluding hydrogens is 331 g/mol. The smallest absolute Gasteiger partial charge is 0.724 e. The summed E-state index contributed by atoms with van der Waals surface area (Å²) in [5, 5.41) is 0.306. The Morgan fingerprint density at radius 3 is 2.45 bits per heavy atom. The van der Waals surface area contributed by atoms with E-state index in [0.717, 1.165) is 4.90 Å². The van der Waals surface area contributed by atoms with Crippen molar-refractivity contribution < 1.29 is 61.2 Å². The van der Waals surface area contributed by atoms with Gasteiger partial charge in [0.1, 0.15) is 12.1 Å². The molecule has 1 fully saturated rings. The van der Waals surface area contributed by atoms with Gasteiger partial charge in [-0.3, -0.25) is 9.59 Å². The topological polar surface area (TPSA) is 176 Å². The van der Waals surface area contributed by atoms with Crippen molar-refractivity contribution >= 4 is 28.2 Å². The summed E-state index contributed by atoms with van der Waals surface area (Å²) in [6, 6.07) is -3.20. The fourth-order valence-corrected chi connectivity index (χ4v) is 2.66. The molecule has 2 aliphatic rings. The van der Waals surface area contributed by atoms with Gasteiger partial charge >= 0.3 is 35.6 Å². The Hall–Kier alpha value is -1.18. The zero-order valence-corrected chi connectivity index (χ0v) is 14.3. The standard InChI is InChI=1S/C9H12N4O7S.Na/c10-7(14)2-4-1-5(8(11)15)12-3-6(4)13(9(12)16)20-21(17,18)19;/h1,5-6H,2-3H2,(H2,10,14)(H2,11,15)(H,17,18,19);/q;+1/p-1/t5-,6+;/m0./s1. The van der Waals surface area contributed by atoms with Crippen LogP contribution in [0.25, 0.3) is 0 Å². The van der Waals surface area contributed by atoms with Gasteiger partial charge in [-0.25, -0.2) is 13.2 Å². The van der Waals surface area contributed by atoms with E-state index in [9.17, 15) is 27.4 Å². The number of nitrogens with two attached hydrogens (primary N) is 2. The van der Waals surface area contributed by atoms with Gasteiger partial charge in [0.2, 0.25) is 22.2 Å². The Morgan fingerprint density at radius 2 is 2.00 bits per heavy atom. The van der Waals surface area contributed by atoms with Crippen molar-refractivity contribution in [3.63, 3.8) is 0 Å². The number of amides is 4. The predicted octanol–water partition coefficient (Wildman–Crippen LogP) is -5.84. The minimum Gasteiger partial charge on any atom is -0.724 e. The van der Waals surface area contributed by atoms with Crippen molar-refractivity contribution in [2.45, 2.75) is 18.5 Å². The summed E-state index contributed by atoms with van der Waals surface area (Å²) in [7, 11) is -5.20. The molecule has 0 unspecified atom stereocenters. The Bertz CT molecular complexity index is 648. The summed E-state index contributed by atoms with van der Waals surface area (Å²) < 4.78 is 36.1. The average Bonchev–Trinajstić information content (AvgIpc) is 2.56. The molecule has 2 atom stereocenters. The van der Waals surface area contributed by atoms with Crippen LogP contribution in [-0.2, 0) is 24.3 Å². The molecule has 116 valence electrons. The molecule has 1 saturated heterocycles. The van der Waals surface area contributed by atoms with Crippen LogP contribution >= 0.6 is 0 Å². The van der Waals surface area contributed by atoms with Gasteiger partial charge in [-0.2, -0.15) is 9.35 Å². The molecule has 11 nitrogen and oxygen atoms in total. The van der Waals surface area contributed by atoms with Crippen LogP contribution in [0.5, 0.6) is 0 Å². The third-order valence-corrected chi connectivity index (χ3v) is 3.41. The van der Waals surface area contributed by atoms with Gasteiger partial charge in [0.15, 0.2) is 0 Å². The van der Waals surface area contributed by atoms with E-state index in [0.29, 0.717) is 5.06 Å². The molecule has 2 aliphatic heterocycles. The van der Waals surface area contributed by atoms with Gasteiger partial charge in [-0.05, 0) is 5.57 Å². The fourth-order valence-electron chi connectivity index (χ4n) is 2.30. The first-order valence-corrected chi connectivity index (χ1v) is 6.97. The maximum absolute atomic E-state index is 12.0. The number of urea groups is 1. The second-order valence-electron chi connectivity index (χ2n) is 4.49. The van der Waals surface area contributed by atoms with Crippen LogP contribution in [-0.4, -0.2) is 59.4 Å². The van der Waals surface area contributed by atoms with Crippen molar-refractivity contribution in [2.24, 2.45) is 11.5 Å². The minimum absolute atomic E-state index is 0. The van der Waals surface area contributed by atoms with Gasteiger partial charge in [-0.15, -0.1) is 0 Å². The van der Waals surface area contributed by atoms with Crippen molar-refractivity contribution in [3.8, 4) is 0 Å². The molecule has 0 spiro atoms. The molecule has 4 N–H and O–H groups in total. The molecule has 4 amide bonds. The van der Waals surface area contributed by atoms with Crippen LogP contribution < -0.4 is 41.0 Å². The third kappa shape index (κ3) is 3.77. The van der Waals surface area contributed by atoms with E-state index < -0.39 is 40.3 Å². The number of carbonyl (C=O) groups is 3. The largest absolute Gasteiger partial charge is 1.00 e. The molecule has 0 aliphatic carbocycles. The minimum atomic E-state index is -5.20. The van der Waals surface area contributed by atoms with E-state index in [-0.39, 0.29) is 48.1 Å². The van der Waals surface area contributed by atoms with Crippen LogP contribution in [0, 0.1) is 0 Å². The zero-order chi connectivity index (χ0) is 15.9. The quantitative estimate of drug-likeness (QED) is 0.216. The first kappa shape index (κ1) is 18.9. The molecule has 0 saturated carbocycles. The van der Waals surface area contributed by atoms with Gasteiger partial charge < -0.3 is 20.9 Å². The van der Waals surface area contributed by atoms with E-state index in [1.165, 1.54) is 6.08 Å². The fraction of sp³-hybridized carbons (Fsp3) is 0.444. The average molecular weight is 342 g/mol. The monoisotopic (exact) mass is 342 g/mol. The van der Waals surface area contributed by atoms with Crippen LogP contribution in [0.1, 0.15) is 6.42 Å². The maximum atomic E-state index is 12.0. The van der Waals surface area contributed by atoms with Crippen LogP contribution in [0.4, 0.5) is 4.79 Å². The van der Waals surface area contributed by atoms with E-state index >= 15 is 0 Å². The molecular formula is C9H11N4NaO7S. The second kappa shape index (κ2) is 6.52. The van der Waals surface area contributed by atoms with Gasteiger partial charge in [-0.1, -0.05) is 6.08 Å². The number of carbonyl (C=O) groups excluding carboxylic acids is 3. The number of hydrogen-bond donors (Lipinski definition) is 2. The SMILES string of the molecule is NC(=O)CC1=C[C@@H](C(N)=O)N2C[C@H]1N(OS(=O)(=O)[O-])C2=O.[Na+]. The summed E-state index contributed by atoms with van der Waals surface area (Å²) in [6.45, 7) is -0.152. The molecule has 0 aromatic carbocycles. The normalized spacial score (nSPS) is 23.9. The summed E-state index contributed by atoms with van der Waals surface area (Å²) in [5.41, 5.74) is 10.4. The Labute approximate surface area is 147 Å². The number of hydroxylamine groups is 2. The second-order valence-corrected chi connectivity index (χ2v) is 5.46. The Balaban J connectivity index is 0.00000242. The van der Waals surface area contributed by atoms with Gasteiger partial charge in [0, 0.05) is 6.42 Å². The molecule has 2 rings (SSSR count). The van der Waals surface area contributed by atoms with E-state index in [4.69, 9.17) is 11.5 Å². The molecule has 2 bridgehead atoms. The Morgan fingerprint density at radius 1 is 1.41 bits per heavy atom. The van der Waals surface area contributed by atoms with E-state index in [1.54, 1.807) is 0 Å². The first-order valence-electron chi connectivity index (χ1n) is 5.63. The summed E-state index contributed by atoms with van der Waals surface area (Å²) >= 11 is 0. The predicted molar refractivity (Wildman–Crippen MR) is 63.4 cm³/mol. The number of rotatable bonds is 5. The van der Waals surface area contributed by atoms with Gasteiger partial charge in [0.05, 0.1) is 6.54 Å². The maximum Gasteiger partial charge on any atom is 1.00 e. The van der Waals surface area contributed by atoms with Crippen molar-refractivity contribution in [3.05, 3.63) is 11.6 Å². The van der Waals surface area contributed by atoms with Gasteiger partial charge in [0.25, 0.3) is 0 Å². The van der Waals surface area contributed by atoms with Crippen molar-refractivity contribution in [1.82, 2.24) is 9.96 Å². The summed E-state index contributed by atoms with van der Waals surface area (Å²) in [5.74, 6) is -1.64. The molecule has 0 radical (unpaired) electrons. The number of primary amides is 2. The van der Waals surface area contributed by atoms with Crippen LogP contribution in [0.15, 0.2) is 11.6 Å².